The number of amides is 1. The zero-order valence-corrected chi connectivity index (χ0v) is 21.1. The highest BCUT2D eigenvalue weighted by atomic mass is 16.5. The Labute approximate surface area is 213 Å². The van der Waals surface area contributed by atoms with Crippen molar-refractivity contribution in [3.8, 4) is 16.9 Å². The zero-order chi connectivity index (χ0) is 24.9. The van der Waals surface area contributed by atoms with Gasteiger partial charge in [-0.25, -0.2) is 0 Å². The number of hydrogen-bond donors (Lipinski definition) is 1. The predicted octanol–water partition coefficient (Wildman–Crippen LogP) is 6.08. The van der Waals surface area contributed by atoms with Crippen LogP contribution in [0.2, 0.25) is 0 Å². The number of anilines is 1. The summed E-state index contributed by atoms with van der Waals surface area (Å²) in [5.74, 6) is 0.724. The highest BCUT2D eigenvalue weighted by Crippen LogP contribution is 2.31. The summed E-state index contributed by atoms with van der Waals surface area (Å²) in [6.45, 7) is 5.11. The average Bonchev–Trinajstić information content (AvgIpc) is 3.13. The van der Waals surface area contributed by atoms with Crippen molar-refractivity contribution in [2.24, 2.45) is 0 Å². The molecule has 1 N–H and O–H groups in total. The Morgan fingerprint density at radius 2 is 1.78 bits per heavy atom. The molecule has 36 heavy (non-hydrogen) atoms. The third-order valence-electron chi connectivity index (χ3n) is 7.05. The summed E-state index contributed by atoms with van der Waals surface area (Å²) in [7, 11) is 2.15. The topological polar surface area (TPSA) is 50.8 Å². The molecule has 2 heterocycles. The molecule has 186 valence electrons. The lowest BCUT2D eigenvalue weighted by molar-refractivity contribution is -0.113. The number of nitrogens with zero attached hydrogens (tertiary/aromatic N) is 1. The molecule has 0 aliphatic carbocycles. The molecular weight excluding hydrogens is 448 g/mol. The van der Waals surface area contributed by atoms with Crippen LogP contribution in [0, 0.1) is 6.92 Å². The predicted molar refractivity (Wildman–Crippen MR) is 145 cm³/mol. The summed E-state index contributed by atoms with van der Waals surface area (Å²) in [4.78, 5) is 15.5. The molecule has 1 atom stereocenters. The van der Waals surface area contributed by atoms with Crippen molar-refractivity contribution in [1.29, 1.82) is 0 Å². The third-order valence-corrected chi connectivity index (χ3v) is 7.05. The van der Waals surface area contributed by atoms with E-state index in [-0.39, 0.29) is 5.91 Å². The monoisotopic (exact) mass is 482 g/mol. The second-order valence-corrected chi connectivity index (χ2v) is 9.82. The SMILES string of the molecule is Cc1ccc(-c2ccc3c(c2)C=C(C(=O)Nc2ccc(CN(C)C4CCCOC4)cc2)CCO3)cc1. The Morgan fingerprint density at radius 1 is 1.00 bits per heavy atom. The van der Waals surface area contributed by atoms with E-state index in [4.69, 9.17) is 9.47 Å². The molecule has 0 radical (unpaired) electrons. The first kappa shape index (κ1) is 24.3. The number of hydrogen-bond acceptors (Lipinski definition) is 4. The second kappa shape index (κ2) is 11.1. The number of likely N-dealkylation sites (N-methyl/N-ethyl adjacent to an activating group) is 1. The van der Waals surface area contributed by atoms with Crippen LogP contribution < -0.4 is 10.1 Å². The molecule has 2 aliphatic heterocycles. The highest BCUT2D eigenvalue weighted by Gasteiger charge is 2.19. The molecule has 5 heteroatoms. The lowest BCUT2D eigenvalue weighted by Crippen LogP contribution is -2.37. The number of benzene rings is 3. The van der Waals surface area contributed by atoms with E-state index in [1.54, 1.807) is 0 Å². The van der Waals surface area contributed by atoms with Gasteiger partial charge in [0.2, 0.25) is 0 Å². The van der Waals surface area contributed by atoms with Gasteiger partial charge in [0.1, 0.15) is 5.75 Å². The van der Waals surface area contributed by atoms with Gasteiger partial charge in [-0.1, -0.05) is 48.0 Å². The molecule has 1 unspecified atom stereocenters. The molecule has 1 fully saturated rings. The summed E-state index contributed by atoms with van der Waals surface area (Å²) >= 11 is 0. The number of rotatable bonds is 6. The Hall–Kier alpha value is -3.41. The zero-order valence-electron chi connectivity index (χ0n) is 21.1. The van der Waals surface area contributed by atoms with Gasteiger partial charge < -0.3 is 14.8 Å². The fourth-order valence-corrected chi connectivity index (χ4v) is 4.82. The Kier molecular flexibility index (Phi) is 7.49. The van der Waals surface area contributed by atoms with Gasteiger partial charge in [-0.3, -0.25) is 9.69 Å². The minimum atomic E-state index is -0.0867. The molecule has 0 bridgehead atoms. The van der Waals surface area contributed by atoms with E-state index in [1.165, 1.54) is 17.5 Å². The molecule has 1 amide bonds. The van der Waals surface area contributed by atoms with Gasteiger partial charge in [-0.15, -0.1) is 0 Å². The van der Waals surface area contributed by atoms with Crippen LogP contribution in [-0.4, -0.2) is 43.7 Å². The minimum absolute atomic E-state index is 0.0867. The first-order chi connectivity index (χ1) is 17.5. The Morgan fingerprint density at radius 3 is 2.53 bits per heavy atom. The van der Waals surface area contributed by atoms with E-state index in [2.05, 4.69) is 72.7 Å². The van der Waals surface area contributed by atoms with Crippen molar-refractivity contribution < 1.29 is 14.3 Å². The second-order valence-electron chi connectivity index (χ2n) is 9.82. The summed E-state index contributed by atoms with van der Waals surface area (Å²) < 4.78 is 11.6. The van der Waals surface area contributed by atoms with Crippen LogP contribution in [0.25, 0.3) is 17.2 Å². The fourth-order valence-electron chi connectivity index (χ4n) is 4.82. The van der Waals surface area contributed by atoms with Crippen LogP contribution in [0.4, 0.5) is 5.69 Å². The summed E-state index contributed by atoms with van der Waals surface area (Å²) in [5, 5.41) is 3.07. The summed E-state index contributed by atoms with van der Waals surface area (Å²) in [5.41, 5.74) is 7.16. The fraction of sp³-hybridized carbons (Fsp3) is 0.323. The van der Waals surface area contributed by atoms with Crippen molar-refractivity contribution in [1.82, 2.24) is 4.90 Å². The number of carbonyl (C=O) groups excluding carboxylic acids is 1. The van der Waals surface area contributed by atoms with Gasteiger partial charge in [-0.05, 0) is 73.8 Å². The smallest absolute Gasteiger partial charge is 0.251 e. The molecule has 2 aliphatic rings. The molecular formula is C31H34N2O3. The van der Waals surface area contributed by atoms with Gasteiger partial charge in [0.15, 0.2) is 0 Å². The van der Waals surface area contributed by atoms with Gasteiger partial charge in [0.25, 0.3) is 5.91 Å². The van der Waals surface area contributed by atoms with Gasteiger partial charge in [-0.2, -0.15) is 0 Å². The van der Waals surface area contributed by atoms with E-state index in [1.807, 2.05) is 24.3 Å². The maximum atomic E-state index is 13.1. The highest BCUT2D eigenvalue weighted by molar-refractivity contribution is 6.07. The molecule has 5 rings (SSSR count). The Bertz CT molecular complexity index is 1230. The number of aryl methyl sites for hydroxylation is 1. The number of fused-ring (bicyclic) bond motifs is 1. The summed E-state index contributed by atoms with van der Waals surface area (Å²) in [6.07, 6.45) is 4.83. The van der Waals surface area contributed by atoms with E-state index in [0.29, 0.717) is 19.1 Å². The maximum absolute atomic E-state index is 13.1. The van der Waals surface area contributed by atoms with Crippen LogP contribution in [0.15, 0.2) is 72.3 Å². The average molecular weight is 483 g/mol. The largest absolute Gasteiger partial charge is 0.493 e. The van der Waals surface area contributed by atoms with Crippen molar-refractivity contribution in [2.45, 2.75) is 38.8 Å². The van der Waals surface area contributed by atoms with Gasteiger partial charge in [0, 0.05) is 42.4 Å². The minimum Gasteiger partial charge on any atom is -0.493 e. The van der Waals surface area contributed by atoms with Crippen molar-refractivity contribution >= 4 is 17.7 Å². The van der Waals surface area contributed by atoms with E-state index >= 15 is 0 Å². The number of nitrogens with one attached hydrogen (secondary N) is 1. The van der Waals surface area contributed by atoms with E-state index < -0.39 is 0 Å². The number of ether oxygens (including phenoxy) is 2. The van der Waals surface area contributed by atoms with E-state index in [9.17, 15) is 4.79 Å². The number of carbonyl (C=O) groups is 1. The van der Waals surface area contributed by atoms with Crippen LogP contribution in [0.5, 0.6) is 5.75 Å². The standard InChI is InChI=1S/C31H34N2O3/c1-22-5-9-24(10-6-22)25-11-14-30-27(18-25)19-26(15-17-36-30)31(34)32-28-12-7-23(8-13-28)20-33(2)29-4-3-16-35-21-29/h5-14,18-19,29H,3-4,15-17,20-21H2,1-2H3,(H,32,34). The quantitative estimate of drug-likeness (QED) is 0.463. The first-order valence-electron chi connectivity index (χ1n) is 12.8. The van der Waals surface area contributed by atoms with E-state index in [0.717, 1.165) is 59.9 Å². The van der Waals surface area contributed by atoms with Crippen molar-refractivity contribution in [3.05, 3.63) is 89.0 Å². The molecule has 0 spiro atoms. The lowest BCUT2D eigenvalue weighted by Gasteiger charge is -2.31. The Balaban J connectivity index is 1.26. The molecule has 3 aromatic carbocycles. The lowest BCUT2D eigenvalue weighted by atomic mass is 10.00. The van der Waals surface area contributed by atoms with Crippen LogP contribution >= 0.6 is 0 Å². The summed E-state index contributed by atoms with van der Waals surface area (Å²) in [6, 6.07) is 23.2. The first-order valence-corrected chi connectivity index (χ1v) is 12.8. The normalized spacial score (nSPS) is 17.5. The van der Waals surface area contributed by atoms with Crippen LogP contribution in [0.3, 0.4) is 0 Å². The molecule has 0 saturated carbocycles. The third kappa shape index (κ3) is 5.86. The molecule has 3 aromatic rings. The van der Waals surface area contributed by atoms with Crippen molar-refractivity contribution in [2.75, 3.05) is 32.2 Å². The van der Waals surface area contributed by atoms with Gasteiger partial charge in [0.05, 0.1) is 13.2 Å². The van der Waals surface area contributed by atoms with Crippen LogP contribution in [0.1, 0.15) is 36.0 Å². The molecule has 0 aromatic heterocycles. The maximum Gasteiger partial charge on any atom is 0.251 e. The van der Waals surface area contributed by atoms with Crippen molar-refractivity contribution in [3.63, 3.8) is 0 Å². The molecule has 5 nitrogen and oxygen atoms in total. The molecule has 1 saturated heterocycles. The van der Waals surface area contributed by atoms with Gasteiger partial charge >= 0.3 is 0 Å². The van der Waals surface area contributed by atoms with Crippen LogP contribution in [-0.2, 0) is 16.1 Å².